The fourth-order valence-electron chi connectivity index (χ4n) is 3.54. The Bertz CT molecular complexity index is 1020. The number of aryl methyl sites for hydroxylation is 1. The quantitative estimate of drug-likeness (QED) is 0.718. The molecule has 0 aliphatic carbocycles. The van der Waals surface area contributed by atoms with Gasteiger partial charge in [0, 0.05) is 25.1 Å². The van der Waals surface area contributed by atoms with Crippen molar-refractivity contribution < 1.29 is 18.8 Å². The first-order chi connectivity index (χ1) is 14.1. The zero-order chi connectivity index (χ0) is 20.2. The van der Waals surface area contributed by atoms with Crippen LogP contribution in [0.2, 0.25) is 0 Å². The Kier molecular flexibility index (Phi) is 5.46. The number of ether oxygens (including phenoxy) is 1. The Hall–Kier alpha value is -3.35. The number of nitrogens with zero attached hydrogens (tertiary/aromatic N) is 2. The van der Waals surface area contributed by atoms with Crippen molar-refractivity contribution in [1.82, 2.24) is 10.1 Å². The topological polar surface area (TPSA) is 84.7 Å². The fourth-order valence-corrected chi connectivity index (χ4v) is 3.54. The smallest absolute Gasteiger partial charge is 0.260 e. The van der Waals surface area contributed by atoms with Crippen LogP contribution in [0, 0.1) is 12.8 Å². The molecule has 0 saturated carbocycles. The van der Waals surface area contributed by atoms with Crippen molar-refractivity contribution in [2.24, 2.45) is 5.92 Å². The number of anilines is 1. The molecule has 1 fully saturated rings. The Labute approximate surface area is 168 Å². The molecule has 7 nitrogen and oxygen atoms in total. The van der Waals surface area contributed by atoms with Crippen LogP contribution in [-0.4, -0.2) is 41.6 Å². The number of rotatable bonds is 5. The highest BCUT2D eigenvalue weighted by atomic mass is 16.5. The third-order valence-electron chi connectivity index (χ3n) is 5.18. The van der Waals surface area contributed by atoms with Crippen LogP contribution in [0.1, 0.15) is 18.6 Å². The van der Waals surface area contributed by atoms with E-state index in [0.717, 1.165) is 10.8 Å². The van der Waals surface area contributed by atoms with Crippen molar-refractivity contribution in [3.05, 3.63) is 54.3 Å². The van der Waals surface area contributed by atoms with Gasteiger partial charge in [-0.2, -0.15) is 0 Å². The number of likely N-dealkylation sites (tertiary alicyclic amines) is 1. The van der Waals surface area contributed by atoms with Crippen molar-refractivity contribution >= 4 is 28.4 Å². The van der Waals surface area contributed by atoms with E-state index in [1.165, 1.54) is 0 Å². The summed E-state index contributed by atoms with van der Waals surface area (Å²) in [5, 5.41) is 8.75. The van der Waals surface area contributed by atoms with Gasteiger partial charge in [-0.3, -0.25) is 9.59 Å². The highest BCUT2D eigenvalue weighted by Crippen LogP contribution is 2.22. The predicted octanol–water partition coefficient (Wildman–Crippen LogP) is 3.39. The summed E-state index contributed by atoms with van der Waals surface area (Å²) in [6.45, 7) is 2.84. The second kappa shape index (κ2) is 8.34. The molecule has 3 aromatic rings. The van der Waals surface area contributed by atoms with Gasteiger partial charge in [0.05, 0.1) is 0 Å². The van der Waals surface area contributed by atoms with Gasteiger partial charge in [0.25, 0.3) is 5.91 Å². The molecule has 1 saturated heterocycles. The molecule has 1 aliphatic rings. The van der Waals surface area contributed by atoms with Crippen LogP contribution >= 0.6 is 0 Å². The van der Waals surface area contributed by atoms with Gasteiger partial charge in [-0.25, -0.2) is 0 Å². The van der Waals surface area contributed by atoms with E-state index in [1.54, 1.807) is 17.9 Å². The zero-order valence-electron chi connectivity index (χ0n) is 16.3. The van der Waals surface area contributed by atoms with Crippen LogP contribution in [-0.2, 0) is 9.59 Å². The monoisotopic (exact) mass is 393 g/mol. The number of amides is 2. The van der Waals surface area contributed by atoms with E-state index in [1.807, 2.05) is 42.5 Å². The molecule has 29 heavy (non-hydrogen) atoms. The highest BCUT2D eigenvalue weighted by Gasteiger charge is 2.28. The molecular weight excluding hydrogens is 370 g/mol. The Morgan fingerprint density at radius 3 is 2.62 bits per heavy atom. The maximum atomic E-state index is 12.5. The lowest BCUT2D eigenvalue weighted by Crippen LogP contribution is -2.43. The van der Waals surface area contributed by atoms with E-state index in [2.05, 4.69) is 10.5 Å². The minimum Gasteiger partial charge on any atom is -0.484 e. The number of benzene rings is 2. The Morgan fingerprint density at radius 2 is 1.90 bits per heavy atom. The summed E-state index contributed by atoms with van der Waals surface area (Å²) in [6, 6.07) is 15.5. The van der Waals surface area contributed by atoms with Crippen LogP contribution in [0.5, 0.6) is 5.75 Å². The van der Waals surface area contributed by atoms with Gasteiger partial charge in [-0.15, -0.1) is 0 Å². The lowest BCUT2D eigenvalue weighted by Gasteiger charge is -2.31. The largest absolute Gasteiger partial charge is 0.484 e. The molecule has 0 atom stereocenters. The van der Waals surface area contributed by atoms with Gasteiger partial charge < -0.3 is 19.5 Å². The van der Waals surface area contributed by atoms with Crippen LogP contribution in [0.25, 0.3) is 10.8 Å². The lowest BCUT2D eigenvalue weighted by molar-refractivity contribution is -0.136. The number of hydrogen-bond acceptors (Lipinski definition) is 5. The Morgan fingerprint density at radius 1 is 1.14 bits per heavy atom. The van der Waals surface area contributed by atoms with Crippen molar-refractivity contribution in [3.63, 3.8) is 0 Å². The maximum Gasteiger partial charge on any atom is 0.260 e. The number of carbonyl (C=O) groups excluding carboxylic acids is 2. The first-order valence-electron chi connectivity index (χ1n) is 9.72. The lowest BCUT2D eigenvalue weighted by atomic mass is 9.96. The standard InChI is InChI=1S/C22H23N3O4/c1-15-12-20(24-29-15)23-22(27)17-8-10-25(11-9-17)21(26)14-28-19-7-6-16-4-2-3-5-18(16)13-19/h2-7,12-13,17H,8-11,14H2,1H3,(H,23,24,27). The summed E-state index contributed by atoms with van der Waals surface area (Å²) < 4.78 is 10.7. The average Bonchev–Trinajstić information content (AvgIpc) is 3.16. The van der Waals surface area contributed by atoms with Gasteiger partial charge >= 0.3 is 0 Å². The van der Waals surface area contributed by atoms with E-state index < -0.39 is 0 Å². The number of piperidine rings is 1. The second-order valence-electron chi connectivity index (χ2n) is 7.26. The van der Waals surface area contributed by atoms with Gasteiger partial charge in [0.15, 0.2) is 12.4 Å². The fraction of sp³-hybridized carbons (Fsp3) is 0.318. The molecule has 2 heterocycles. The maximum absolute atomic E-state index is 12.5. The number of fused-ring (bicyclic) bond motifs is 1. The Balaban J connectivity index is 1.25. The van der Waals surface area contributed by atoms with E-state index in [4.69, 9.17) is 9.26 Å². The average molecular weight is 393 g/mol. The van der Waals surface area contributed by atoms with Crippen molar-refractivity contribution in [1.29, 1.82) is 0 Å². The molecule has 150 valence electrons. The number of carbonyl (C=O) groups is 2. The SMILES string of the molecule is Cc1cc(NC(=O)C2CCN(C(=O)COc3ccc4ccccc4c3)CC2)no1. The molecule has 1 aromatic heterocycles. The summed E-state index contributed by atoms with van der Waals surface area (Å²) in [4.78, 5) is 26.6. The first-order valence-corrected chi connectivity index (χ1v) is 9.72. The normalized spacial score (nSPS) is 14.7. The molecule has 2 amide bonds. The highest BCUT2D eigenvalue weighted by molar-refractivity contribution is 5.92. The van der Waals surface area contributed by atoms with Crippen LogP contribution in [0.3, 0.4) is 0 Å². The van der Waals surface area contributed by atoms with Crippen LogP contribution < -0.4 is 10.1 Å². The molecule has 0 unspecified atom stereocenters. The number of nitrogens with one attached hydrogen (secondary N) is 1. The second-order valence-corrected chi connectivity index (χ2v) is 7.26. The molecule has 0 radical (unpaired) electrons. The van der Waals surface area contributed by atoms with E-state index >= 15 is 0 Å². The third kappa shape index (κ3) is 4.56. The van der Waals surface area contributed by atoms with Crippen LogP contribution in [0.15, 0.2) is 53.1 Å². The third-order valence-corrected chi connectivity index (χ3v) is 5.18. The number of aromatic nitrogens is 1. The summed E-state index contributed by atoms with van der Waals surface area (Å²) >= 11 is 0. The van der Waals surface area contributed by atoms with Crippen molar-refractivity contribution in [3.8, 4) is 5.75 Å². The number of hydrogen-bond donors (Lipinski definition) is 1. The van der Waals surface area contributed by atoms with E-state index in [-0.39, 0.29) is 24.3 Å². The first kappa shape index (κ1) is 19.0. The molecule has 7 heteroatoms. The summed E-state index contributed by atoms with van der Waals surface area (Å²) in [7, 11) is 0. The molecule has 0 bridgehead atoms. The summed E-state index contributed by atoms with van der Waals surface area (Å²) in [6.07, 6.45) is 1.23. The van der Waals surface area contributed by atoms with E-state index in [0.29, 0.717) is 43.3 Å². The summed E-state index contributed by atoms with van der Waals surface area (Å²) in [5.41, 5.74) is 0. The minimum atomic E-state index is -0.141. The van der Waals surface area contributed by atoms with Gasteiger partial charge in [-0.05, 0) is 42.7 Å². The van der Waals surface area contributed by atoms with Crippen molar-refractivity contribution in [2.45, 2.75) is 19.8 Å². The predicted molar refractivity (Wildman–Crippen MR) is 109 cm³/mol. The van der Waals surface area contributed by atoms with E-state index in [9.17, 15) is 9.59 Å². The molecule has 0 spiro atoms. The van der Waals surface area contributed by atoms with Gasteiger partial charge in [0.1, 0.15) is 11.5 Å². The minimum absolute atomic E-state index is 0.00653. The van der Waals surface area contributed by atoms with Gasteiger partial charge in [-0.1, -0.05) is 35.5 Å². The zero-order valence-corrected chi connectivity index (χ0v) is 16.3. The van der Waals surface area contributed by atoms with Crippen LogP contribution in [0.4, 0.5) is 5.82 Å². The molecule has 1 N–H and O–H groups in total. The molecular formula is C22H23N3O4. The molecule has 4 rings (SSSR count). The summed E-state index contributed by atoms with van der Waals surface area (Å²) in [5.74, 6) is 1.45. The van der Waals surface area contributed by atoms with Gasteiger partial charge in [0.2, 0.25) is 5.91 Å². The van der Waals surface area contributed by atoms with Crippen molar-refractivity contribution in [2.75, 3.05) is 25.0 Å². The molecule has 2 aromatic carbocycles. The molecule has 1 aliphatic heterocycles.